The summed E-state index contributed by atoms with van der Waals surface area (Å²) in [6, 6.07) is 4.44. The van der Waals surface area contributed by atoms with Crippen LogP contribution in [0.5, 0.6) is 0 Å². The molecule has 0 radical (unpaired) electrons. The molecule has 1 rings (SSSR count). The normalized spacial score (nSPS) is 12.3. The fourth-order valence-electron chi connectivity index (χ4n) is 0.930. The Morgan fingerprint density at radius 1 is 1.43 bits per heavy atom. The Balaban J connectivity index is 2.96. The highest BCUT2D eigenvalue weighted by molar-refractivity contribution is 6.42. The zero-order valence-corrected chi connectivity index (χ0v) is 8.84. The van der Waals surface area contributed by atoms with Crippen molar-refractivity contribution >= 4 is 29.2 Å². The predicted molar refractivity (Wildman–Crippen MR) is 53.4 cm³/mol. The molecular weight excluding hydrogens is 227 g/mol. The minimum Gasteiger partial charge on any atom is -0.467 e. The van der Waals surface area contributed by atoms with Gasteiger partial charge in [0.1, 0.15) is 0 Å². The summed E-state index contributed by atoms with van der Waals surface area (Å²) in [7, 11) is 1.20. The van der Waals surface area contributed by atoms with E-state index in [-0.39, 0.29) is 5.02 Å². The lowest BCUT2D eigenvalue weighted by molar-refractivity contribution is -0.150. The Morgan fingerprint density at radius 2 is 2.07 bits per heavy atom. The molecule has 3 nitrogen and oxygen atoms in total. The first-order valence-electron chi connectivity index (χ1n) is 3.77. The largest absolute Gasteiger partial charge is 0.467 e. The standard InChI is InChI=1S/C9H8Cl2O3/c1-14-9(13)8(12)5-2-3-6(10)7(11)4-5/h2-4,8,12H,1H3/t8-/m1/s1. The molecule has 0 aliphatic heterocycles. The van der Waals surface area contributed by atoms with Crippen molar-refractivity contribution in [2.75, 3.05) is 7.11 Å². The van der Waals surface area contributed by atoms with Gasteiger partial charge in [0.2, 0.25) is 0 Å². The maximum absolute atomic E-state index is 11.0. The van der Waals surface area contributed by atoms with Crippen LogP contribution in [0.4, 0.5) is 0 Å². The van der Waals surface area contributed by atoms with Crippen molar-refractivity contribution in [3.05, 3.63) is 33.8 Å². The number of hydrogen-bond donors (Lipinski definition) is 1. The average Bonchev–Trinajstić information content (AvgIpc) is 2.20. The molecule has 0 unspecified atom stereocenters. The zero-order chi connectivity index (χ0) is 10.7. The van der Waals surface area contributed by atoms with Gasteiger partial charge in [-0.15, -0.1) is 0 Å². The van der Waals surface area contributed by atoms with Crippen LogP contribution in [0.15, 0.2) is 18.2 Å². The van der Waals surface area contributed by atoms with E-state index < -0.39 is 12.1 Å². The van der Waals surface area contributed by atoms with Gasteiger partial charge in [-0.2, -0.15) is 0 Å². The van der Waals surface area contributed by atoms with Gasteiger partial charge in [0.15, 0.2) is 6.10 Å². The molecule has 0 saturated carbocycles. The van der Waals surface area contributed by atoms with E-state index in [1.54, 1.807) is 0 Å². The van der Waals surface area contributed by atoms with E-state index in [9.17, 15) is 9.90 Å². The highest BCUT2D eigenvalue weighted by Gasteiger charge is 2.18. The molecule has 0 aromatic heterocycles. The summed E-state index contributed by atoms with van der Waals surface area (Å²) in [5.74, 6) is -0.733. The molecule has 0 aliphatic rings. The number of carbonyl (C=O) groups excluding carboxylic acids is 1. The second-order valence-electron chi connectivity index (χ2n) is 2.60. The van der Waals surface area contributed by atoms with Crippen LogP contribution in [0, 0.1) is 0 Å². The predicted octanol–water partition coefficient (Wildman–Crippen LogP) is 2.20. The molecule has 0 amide bonds. The molecule has 14 heavy (non-hydrogen) atoms. The molecule has 1 aromatic rings. The van der Waals surface area contributed by atoms with Crippen LogP contribution in [0.25, 0.3) is 0 Å². The molecule has 0 aliphatic carbocycles. The van der Waals surface area contributed by atoms with Crippen LogP contribution >= 0.6 is 23.2 Å². The van der Waals surface area contributed by atoms with Crippen LogP contribution in [-0.2, 0) is 9.53 Å². The zero-order valence-electron chi connectivity index (χ0n) is 7.33. The molecule has 76 valence electrons. The van der Waals surface area contributed by atoms with Gasteiger partial charge in [-0.1, -0.05) is 29.3 Å². The Hall–Kier alpha value is -0.770. The fourth-order valence-corrected chi connectivity index (χ4v) is 1.24. The highest BCUT2D eigenvalue weighted by Crippen LogP contribution is 2.25. The Labute approximate surface area is 91.2 Å². The van der Waals surface area contributed by atoms with E-state index in [1.165, 1.54) is 25.3 Å². The van der Waals surface area contributed by atoms with Crippen molar-refractivity contribution in [1.82, 2.24) is 0 Å². The molecule has 1 atom stereocenters. The van der Waals surface area contributed by atoms with Gasteiger partial charge in [0.25, 0.3) is 0 Å². The number of aliphatic hydroxyl groups excluding tert-OH is 1. The van der Waals surface area contributed by atoms with Crippen molar-refractivity contribution in [1.29, 1.82) is 0 Å². The van der Waals surface area contributed by atoms with Crippen LogP contribution in [0.1, 0.15) is 11.7 Å². The van der Waals surface area contributed by atoms with Crippen molar-refractivity contribution in [2.24, 2.45) is 0 Å². The second kappa shape index (κ2) is 4.64. The SMILES string of the molecule is COC(=O)[C@H](O)c1ccc(Cl)c(Cl)c1. The maximum Gasteiger partial charge on any atom is 0.339 e. The summed E-state index contributed by atoms with van der Waals surface area (Å²) in [5.41, 5.74) is 0.353. The van der Waals surface area contributed by atoms with Gasteiger partial charge in [0, 0.05) is 0 Å². The number of esters is 1. The average molecular weight is 235 g/mol. The lowest BCUT2D eigenvalue weighted by Gasteiger charge is -2.08. The number of hydrogen-bond acceptors (Lipinski definition) is 3. The van der Waals surface area contributed by atoms with Crippen molar-refractivity contribution in [3.8, 4) is 0 Å². The summed E-state index contributed by atoms with van der Waals surface area (Å²) in [6.45, 7) is 0. The van der Waals surface area contributed by atoms with E-state index in [4.69, 9.17) is 23.2 Å². The van der Waals surface area contributed by atoms with Gasteiger partial charge in [0.05, 0.1) is 17.2 Å². The van der Waals surface area contributed by atoms with Crippen LogP contribution in [0.3, 0.4) is 0 Å². The van der Waals surface area contributed by atoms with Gasteiger partial charge >= 0.3 is 5.97 Å². The van der Waals surface area contributed by atoms with E-state index >= 15 is 0 Å². The molecule has 5 heteroatoms. The summed E-state index contributed by atoms with van der Waals surface area (Å²) in [6.07, 6.45) is -1.32. The topological polar surface area (TPSA) is 46.5 Å². The smallest absolute Gasteiger partial charge is 0.339 e. The first-order chi connectivity index (χ1) is 6.56. The summed E-state index contributed by atoms with van der Waals surface area (Å²) in [4.78, 5) is 11.0. The first kappa shape index (κ1) is 11.3. The van der Waals surface area contributed by atoms with Gasteiger partial charge in [-0.3, -0.25) is 0 Å². The first-order valence-corrected chi connectivity index (χ1v) is 4.52. The number of rotatable bonds is 2. The molecular formula is C9H8Cl2O3. The van der Waals surface area contributed by atoms with E-state index in [0.717, 1.165) is 0 Å². The lowest BCUT2D eigenvalue weighted by atomic mass is 10.1. The fraction of sp³-hybridized carbons (Fsp3) is 0.222. The maximum atomic E-state index is 11.0. The van der Waals surface area contributed by atoms with Gasteiger partial charge in [-0.05, 0) is 17.7 Å². The Kier molecular flexibility index (Phi) is 3.75. The number of aliphatic hydroxyl groups is 1. The number of benzene rings is 1. The summed E-state index contributed by atoms with van der Waals surface area (Å²) in [5, 5.41) is 10.1. The Morgan fingerprint density at radius 3 is 2.57 bits per heavy atom. The third-order valence-electron chi connectivity index (χ3n) is 1.68. The van der Waals surface area contributed by atoms with Crippen LogP contribution in [0.2, 0.25) is 10.0 Å². The van der Waals surface area contributed by atoms with E-state index in [2.05, 4.69) is 4.74 Å². The minimum atomic E-state index is -1.32. The second-order valence-corrected chi connectivity index (χ2v) is 3.41. The van der Waals surface area contributed by atoms with Gasteiger partial charge in [-0.25, -0.2) is 4.79 Å². The van der Waals surface area contributed by atoms with Crippen LogP contribution in [-0.4, -0.2) is 18.2 Å². The van der Waals surface area contributed by atoms with Gasteiger partial charge < -0.3 is 9.84 Å². The molecule has 1 N–H and O–H groups in total. The quantitative estimate of drug-likeness (QED) is 0.799. The highest BCUT2D eigenvalue weighted by atomic mass is 35.5. The van der Waals surface area contributed by atoms with Crippen LogP contribution < -0.4 is 0 Å². The Bertz CT molecular complexity index is 352. The van der Waals surface area contributed by atoms with E-state index in [0.29, 0.717) is 10.6 Å². The third kappa shape index (κ3) is 2.38. The van der Waals surface area contributed by atoms with Crippen molar-refractivity contribution in [3.63, 3.8) is 0 Å². The summed E-state index contributed by atoms with van der Waals surface area (Å²) >= 11 is 11.4. The molecule has 0 fully saturated rings. The number of ether oxygens (including phenoxy) is 1. The number of methoxy groups -OCH3 is 1. The molecule has 0 bridgehead atoms. The monoisotopic (exact) mass is 234 g/mol. The summed E-state index contributed by atoms with van der Waals surface area (Å²) < 4.78 is 4.37. The molecule has 0 saturated heterocycles. The molecule has 0 spiro atoms. The third-order valence-corrected chi connectivity index (χ3v) is 2.42. The molecule has 0 heterocycles. The van der Waals surface area contributed by atoms with Crippen molar-refractivity contribution < 1.29 is 14.6 Å². The lowest BCUT2D eigenvalue weighted by Crippen LogP contribution is -2.13. The number of carbonyl (C=O) groups is 1. The van der Waals surface area contributed by atoms with Crippen molar-refractivity contribution in [2.45, 2.75) is 6.10 Å². The van der Waals surface area contributed by atoms with E-state index in [1.807, 2.05) is 0 Å². The molecule has 1 aromatic carbocycles. The minimum absolute atomic E-state index is 0.284. The number of halogens is 2.